The molecule has 7 heteroatoms. The second kappa shape index (κ2) is 9.29. The summed E-state index contributed by atoms with van der Waals surface area (Å²) in [4.78, 5) is 30.7. The van der Waals surface area contributed by atoms with Crippen LogP contribution in [-0.2, 0) is 9.59 Å². The number of rotatable bonds is 7. The summed E-state index contributed by atoms with van der Waals surface area (Å²) in [5.74, 6) is -0.150. The third-order valence-electron chi connectivity index (χ3n) is 4.79. The Hall–Kier alpha value is -1.47. The second-order valence-electron chi connectivity index (χ2n) is 6.72. The molecule has 0 radical (unpaired) electrons. The third kappa shape index (κ3) is 4.58. The van der Waals surface area contributed by atoms with Crippen LogP contribution in [-0.4, -0.2) is 77.4 Å². The molecule has 1 N–H and O–H groups in total. The maximum atomic E-state index is 13.1. The Morgan fingerprint density at radius 1 is 1.28 bits per heavy atom. The van der Waals surface area contributed by atoms with Crippen molar-refractivity contribution >= 4 is 29.1 Å². The number of carbonyl (C=O) groups excluding carboxylic acids is 2. The highest BCUT2D eigenvalue weighted by Crippen LogP contribution is 2.21. The average Bonchev–Trinajstić information content (AvgIpc) is 3.11. The summed E-state index contributed by atoms with van der Waals surface area (Å²) in [7, 11) is 1.70. The molecule has 0 bridgehead atoms. The van der Waals surface area contributed by atoms with E-state index in [0.29, 0.717) is 11.7 Å². The van der Waals surface area contributed by atoms with E-state index < -0.39 is 6.04 Å². The molecule has 2 heterocycles. The Labute approximate surface area is 156 Å². The topological polar surface area (TPSA) is 55.9 Å². The molecular formula is C18H30N4O2S. The van der Waals surface area contributed by atoms with Gasteiger partial charge in [-0.3, -0.25) is 14.5 Å². The van der Waals surface area contributed by atoms with E-state index in [9.17, 15) is 9.59 Å². The fourth-order valence-electron chi connectivity index (χ4n) is 3.35. The normalized spacial score (nSPS) is 20.9. The van der Waals surface area contributed by atoms with E-state index in [1.54, 1.807) is 11.9 Å². The van der Waals surface area contributed by atoms with Crippen molar-refractivity contribution in [2.24, 2.45) is 0 Å². The standard InChI is InChI=1S/C18H30N4O2S/c1-4-6-7-11-21(10-5-2)18(25)22-13-15(23)20(3)16(17(22)24)14-8-9-19-12-14/h8,16,19H,4-7,9-13H2,1-3H3. The Balaban J connectivity index is 2.15. The molecule has 0 aromatic carbocycles. The fraction of sp³-hybridized carbons (Fsp3) is 0.722. The van der Waals surface area contributed by atoms with Gasteiger partial charge in [0.05, 0.1) is 0 Å². The molecule has 1 unspecified atom stereocenters. The van der Waals surface area contributed by atoms with Gasteiger partial charge in [0.25, 0.3) is 5.91 Å². The quantitative estimate of drug-likeness (QED) is 0.419. The van der Waals surface area contributed by atoms with Crippen molar-refractivity contribution in [3.8, 4) is 0 Å². The van der Waals surface area contributed by atoms with Crippen molar-refractivity contribution in [3.05, 3.63) is 11.6 Å². The van der Waals surface area contributed by atoms with E-state index in [4.69, 9.17) is 12.2 Å². The highest BCUT2D eigenvalue weighted by molar-refractivity contribution is 7.80. The summed E-state index contributed by atoms with van der Waals surface area (Å²) in [5.41, 5.74) is 0.960. The lowest BCUT2D eigenvalue weighted by Crippen LogP contribution is -2.62. The highest BCUT2D eigenvalue weighted by Gasteiger charge is 2.42. The number of piperazine rings is 1. The zero-order chi connectivity index (χ0) is 18.4. The number of nitrogens with zero attached hydrogens (tertiary/aromatic N) is 3. The number of hydrogen-bond donors (Lipinski definition) is 1. The smallest absolute Gasteiger partial charge is 0.256 e. The zero-order valence-corrected chi connectivity index (χ0v) is 16.4. The van der Waals surface area contributed by atoms with E-state index in [0.717, 1.165) is 50.9 Å². The molecule has 0 aliphatic carbocycles. The van der Waals surface area contributed by atoms with Gasteiger partial charge in [0.15, 0.2) is 5.11 Å². The lowest BCUT2D eigenvalue weighted by Gasteiger charge is -2.41. The summed E-state index contributed by atoms with van der Waals surface area (Å²) in [6.07, 6.45) is 6.29. The van der Waals surface area contributed by atoms with Crippen LogP contribution in [0.1, 0.15) is 39.5 Å². The average molecular weight is 367 g/mol. The lowest BCUT2D eigenvalue weighted by atomic mass is 10.0. The largest absolute Gasteiger partial charge is 0.349 e. The van der Waals surface area contributed by atoms with Gasteiger partial charge in [0, 0.05) is 33.2 Å². The van der Waals surface area contributed by atoms with E-state index in [2.05, 4.69) is 24.1 Å². The Morgan fingerprint density at radius 3 is 2.64 bits per heavy atom. The molecule has 1 saturated heterocycles. The maximum absolute atomic E-state index is 13.1. The summed E-state index contributed by atoms with van der Waals surface area (Å²) >= 11 is 5.63. The molecule has 1 fully saturated rings. The molecule has 0 spiro atoms. The molecule has 2 aliphatic rings. The van der Waals surface area contributed by atoms with Gasteiger partial charge in [-0.05, 0) is 30.6 Å². The van der Waals surface area contributed by atoms with Crippen molar-refractivity contribution in [2.75, 3.05) is 39.8 Å². The van der Waals surface area contributed by atoms with E-state index >= 15 is 0 Å². The lowest BCUT2D eigenvalue weighted by molar-refractivity contribution is -0.149. The van der Waals surface area contributed by atoms with Gasteiger partial charge in [0.1, 0.15) is 12.6 Å². The van der Waals surface area contributed by atoms with E-state index in [1.807, 2.05) is 6.08 Å². The zero-order valence-electron chi connectivity index (χ0n) is 15.6. The van der Waals surface area contributed by atoms with Crippen LogP contribution in [0, 0.1) is 0 Å². The molecule has 2 rings (SSSR count). The van der Waals surface area contributed by atoms with E-state index in [1.165, 1.54) is 4.90 Å². The number of hydrogen-bond acceptors (Lipinski definition) is 4. The number of thiocarbonyl (C=S) groups is 1. The summed E-state index contributed by atoms with van der Waals surface area (Å²) in [6.45, 7) is 7.34. The van der Waals surface area contributed by atoms with Crippen LogP contribution in [0.3, 0.4) is 0 Å². The summed E-state index contributed by atoms with van der Waals surface area (Å²) in [5, 5.41) is 3.70. The molecule has 0 aromatic rings. The molecule has 2 aliphatic heterocycles. The van der Waals surface area contributed by atoms with Gasteiger partial charge in [-0.2, -0.15) is 0 Å². The maximum Gasteiger partial charge on any atom is 0.256 e. The molecule has 0 aromatic heterocycles. The first-order valence-electron chi connectivity index (χ1n) is 9.26. The van der Waals surface area contributed by atoms with Gasteiger partial charge in [-0.15, -0.1) is 0 Å². The first kappa shape index (κ1) is 19.8. The van der Waals surface area contributed by atoms with Crippen LogP contribution >= 0.6 is 12.2 Å². The number of carbonyl (C=O) groups is 2. The predicted octanol–water partition coefficient (Wildman–Crippen LogP) is 1.37. The van der Waals surface area contributed by atoms with Crippen LogP contribution < -0.4 is 5.32 Å². The van der Waals surface area contributed by atoms with Gasteiger partial charge in [-0.25, -0.2) is 0 Å². The van der Waals surface area contributed by atoms with Crippen LogP contribution in [0.4, 0.5) is 0 Å². The van der Waals surface area contributed by atoms with Crippen LogP contribution in [0.2, 0.25) is 0 Å². The minimum Gasteiger partial charge on any atom is -0.349 e. The molecule has 25 heavy (non-hydrogen) atoms. The molecule has 0 saturated carbocycles. The van der Waals surface area contributed by atoms with Crippen molar-refractivity contribution in [1.29, 1.82) is 0 Å². The molecule has 6 nitrogen and oxygen atoms in total. The summed E-state index contributed by atoms with van der Waals surface area (Å²) in [6, 6.07) is -0.534. The Bertz CT molecular complexity index is 549. The molecule has 1 atom stereocenters. The van der Waals surface area contributed by atoms with Gasteiger partial charge in [-0.1, -0.05) is 32.8 Å². The van der Waals surface area contributed by atoms with E-state index in [-0.39, 0.29) is 18.4 Å². The molecule has 2 amide bonds. The van der Waals surface area contributed by atoms with Gasteiger partial charge < -0.3 is 15.1 Å². The minimum absolute atomic E-state index is 0.0410. The second-order valence-corrected chi connectivity index (χ2v) is 7.08. The van der Waals surface area contributed by atoms with Crippen LogP contribution in [0.15, 0.2) is 11.6 Å². The van der Waals surface area contributed by atoms with Gasteiger partial charge in [0.2, 0.25) is 5.91 Å². The highest BCUT2D eigenvalue weighted by atomic mass is 32.1. The molecular weight excluding hydrogens is 336 g/mol. The monoisotopic (exact) mass is 366 g/mol. The first-order chi connectivity index (χ1) is 12.0. The number of likely N-dealkylation sites (N-methyl/N-ethyl adjacent to an activating group) is 1. The Kier molecular flexibility index (Phi) is 7.38. The Morgan fingerprint density at radius 2 is 2.04 bits per heavy atom. The molecule has 140 valence electrons. The van der Waals surface area contributed by atoms with Crippen molar-refractivity contribution in [2.45, 2.75) is 45.6 Å². The fourth-order valence-corrected chi connectivity index (χ4v) is 3.68. The number of unbranched alkanes of at least 4 members (excludes halogenated alkanes) is 2. The SMILES string of the molecule is CCCCCN(CCC)C(=S)N1CC(=O)N(C)C(C2=CCNC2)C1=O. The third-order valence-corrected chi connectivity index (χ3v) is 5.27. The number of nitrogens with one attached hydrogen (secondary N) is 1. The first-order valence-corrected chi connectivity index (χ1v) is 9.67. The number of amides is 2. The van der Waals surface area contributed by atoms with Crippen molar-refractivity contribution in [1.82, 2.24) is 20.0 Å². The van der Waals surface area contributed by atoms with Crippen LogP contribution in [0.5, 0.6) is 0 Å². The predicted molar refractivity (Wildman–Crippen MR) is 103 cm³/mol. The van der Waals surface area contributed by atoms with Crippen molar-refractivity contribution < 1.29 is 9.59 Å². The van der Waals surface area contributed by atoms with Crippen LogP contribution in [0.25, 0.3) is 0 Å². The van der Waals surface area contributed by atoms with Gasteiger partial charge >= 0.3 is 0 Å². The minimum atomic E-state index is -0.534. The van der Waals surface area contributed by atoms with Crippen molar-refractivity contribution in [3.63, 3.8) is 0 Å². The summed E-state index contributed by atoms with van der Waals surface area (Å²) < 4.78 is 0.